The maximum atomic E-state index is 12.8. The fourth-order valence-corrected chi connectivity index (χ4v) is 5.28. The molecule has 0 atom stereocenters. The number of amides is 1. The molecule has 11 heteroatoms. The molecular formula is C19H18Cl2N4O4S. The molecule has 0 unspecified atom stereocenters. The van der Waals surface area contributed by atoms with E-state index in [9.17, 15) is 18.0 Å². The van der Waals surface area contributed by atoms with E-state index in [1.807, 2.05) is 0 Å². The highest BCUT2D eigenvalue weighted by Crippen LogP contribution is 2.27. The number of benzene rings is 2. The monoisotopic (exact) mass is 468 g/mol. The van der Waals surface area contributed by atoms with E-state index in [0.29, 0.717) is 11.0 Å². The van der Waals surface area contributed by atoms with Gasteiger partial charge in [0, 0.05) is 26.2 Å². The molecule has 0 spiro atoms. The number of carbonyl (C=O) groups is 1. The predicted molar refractivity (Wildman–Crippen MR) is 114 cm³/mol. The molecule has 1 aromatic heterocycles. The third-order valence-corrected chi connectivity index (χ3v) is 7.73. The zero-order valence-electron chi connectivity index (χ0n) is 15.7. The van der Waals surface area contributed by atoms with E-state index in [0.717, 1.165) is 0 Å². The number of hydrogen-bond donors (Lipinski definition) is 1. The summed E-state index contributed by atoms with van der Waals surface area (Å²) in [5.41, 5.74) is 0.954. The van der Waals surface area contributed by atoms with Crippen LogP contribution in [0.2, 0.25) is 10.0 Å². The number of sulfonamides is 1. The molecule has 1 saturated heterocycles. The second-order valence-corrected chi connectivity index (χ2v) is 9.65. The Bertz CT molecular complexity index is 1280. The van der Waals surface area contributed by atoms with Gasteiger partial charge in [0.25, 0.3) is 0 Å². The molecule has 4 rings (SSSR count). The Balaban J connectivity index is 1.45. The maximum Gasteiger partial charge on any atom is 0.326 e. The summed E-state index contributed by atoms with van der Waals surface area (Å²) >= 11 is 11.8. The lowest BCUT2D eigenvalue weighted by Crippen LogP contribution is -2.51. The van der Waals surface area contributed by atoms with Crippen molar-refractivity contribution in [1.82, 2.24) is 18.8 Å². The molecule has 2 aromatic carbocycles. The van der Waals surface area contributed by atoms with Crippen molar-refractivity contribution in [3.63, 3.8) is 0 Å². The molecule has 0 aliphatic carbocycles. The van der Waals surface area contributed by atoms with Gasteiger partial charge in [0.2, 0.25) is 15.9 Å². The van der Waals surface area contributed by atoms with Gasteiger partial charge in [-0.25, -0.2) is 13.2 Å². The predicted octanol–water partition coefficient (Wildman–Crippen LogP) is 2.17. The Hall–Kier alpha value is -2.33. The lowest BCUT2D eigenvalue weighted by Gasteiger charge is -2.34. The third-order valence-electron chi connectivity index (χ3n) is 5.10. The van der Waals surface area contributed by atoms with Crippen LogP contribution in [-0.4, -0.2) is 59.3 Å². The highest BCUT2D eigenvalue weighted by molar-refractivity contribution is 7.89. The second kappa shape index (κ2) is 8.07. The molecule has 1 aliphatic rings. The first-order chi connectivity index (χ1) is 14.3. The molecule has 8 nitrogen and oxygen atoms in total. The standard InChI is InChI=1S/C19H18Cl2N4O4S/c20-14-6-5-13(11-15(14)21)30(28,29)24-9-7-23(8-10-24)18(26)12-25-17-4-2-1-3-16(17)22-19(25)27/h1-6,11H,7-10,12H2,(H,22,27). The van der Waals surface area contributed by atoms with Crippen LogP contribution in [0.5, 0.6) is 0 Å². The SMILES string of the molecule is O=C(Cn1c(=O)[nH]c2ccccc21)N1CCN(S(=O)(=O)c2ccc(Cl)c(Cl)c2)CC1. The summed E-state index contributed by atoms with van der Waals surface area (Å²) in [4.78, 5) is 29.2. The number of hydrogen-bond acceptors (Lipinski definition) is 4. The van der Waals surface area contributed by atoms with Crippen LogP contribution in [-0.2, 0) is 21.4 Å². The zero-order valence-corrected chi connectivity index (χ0v) is 18.0. The zero-order chi connectivity index (χ0) is 21.5. The molecule has 30 heavy (non-hydrogen) atoms. The molecule has 1 aliphatic heterocycles. The quantitative estimate of drug-likeness (QED) is 0.634. The molecule has 0 saturated carbocycles. The minimum atomic E-state index is -3.74. The Kier molecular flexibility index (Phi) is 5.63. The van der Waals surface area contributed by atoms with Crippen LogP contribution >= 0.6 is 23.2 Å². The van der Waals surface area contributed by atoms with Gasteiger partial charge in [-0.3, -0.25) is 9.36 Å². The first-order valence-electron chi connectivity index (χ1n) is 9.18. The van der Waals surface area contributed by atoms with Crippen LogP contribution in [0.3, 0.4) is 0 Å². The van der Waals surface area contributed by atoms with Gasteiger partial charge in [0.15, 0.2) is 0 Å². The molecule has 158 valence electrons. The molecule has 0 radical (unpaired) electrons. The van der Waals surface area contributed by atoms with Crippen molar-refractivity contribution in [2.45, 2.75) is 11.4 Å². The van der Waals surface area contributed by atoms with E-state index in [1.54, 1.807) is 29.2 Å². The number of fused-ring (bicyclic) bond motifs is 1. The van der Waals surface area contributed by atoms with Gasteiger partial charge < -0.3 is 9.88 Å². The lowest BCUT2D eigenvalue weighted by molar-refractivity contribution is -0.133. The lowest BCUT2D eigenvalue weighted by atomic mass is 10.3. The van der Waals surface area contributed by atoms with Crippen LogP contribution in [0.1, 0.15) is 0 Å². The summed E-state index contributed by atoms with van der Waals surface area (Å²) < 4.78 is 28.4. The van der Waals surface area contributed by atoms with Gasteiger partial charge >= 0.3 is 5.69 Å². The summed E-state index contributed by atoms with van der Waals surface area (Å²) in [7, 11) is -3.74. The largest absolute Gasteiger partial charge is 0.338 e. The number of halogens is 2. The Labute approximate surface area is 182 Å². The number of imidazole rings is 1. The van der Waals surface area contributed by atoms with Crippen LogP contribution in [0.15, 0.2) is 52.2 Å². The van der Waals surface area contributed by atoms with Gasteiger partial charge in [-0.05, 0) is 30.3 Å². The minimum Gasteiger partial charge on any atom is -0.338 e. The van der Waals surface area contributed by atoms with Crippen molar-refractivity contribution in [2.75, 3.05) is 26.2 Å². The van der Waals surface area contributed by atoms with Crippen LogP contribution in [0.25, 0.3) is 11.0 Å². The first kappa shape index (κ1) is 20.9. The average molecular weight is 469 g/mol. The average Bonchev–Trinajstić information content (AvgIpc) is 3.05. The summed E-state index contributed by atoms with van der Waals surface area (Å²) in [6.45, 7) is 0.656. The number of para-hydroxylation sites is 2. The smallest absolute Gasteiger partial charge is 0.326 e. The maximum absolute atomic E-state index is 12.8. The first-order valence-corrected chi connectivity index (χ1v) is 11.4. The Morgan fingerprint density at radius 1 is 1.00 bits per heavy atom. The van der Waals surface area contributed by atoms with Crippen LogP contribution in [0, 0.1) is 0 Å². The summed E-state index contributed by atoms with van der Waals surface area (Å²) in [6.07, 6.45) is 0. The highest BCUT2D eigenvalue weighted by atomic mass is 35.5. The van der Waals surface area contributed by atoms with Crippen molar-refractivity contribution >= 4 is 50.2 Å². The number of nitrogens with zero attached hydrogens (tertiary/aromatic N) is 3. The molecule has 0 bridgehead atoms. The van der Waals surface area contributed by atoms with Crippen LogP contribution in [0.4, 0.5) is 0 Å². The second-order valence-electron chi connectivity index (χ2n) is 6.89. The number of aromatic nitrogens is 2. The van der Waals surface area contributed by atoms with Crippen molar-refractivity contribution in [3.8, 4) is 0 Å². The van der Waals surface area contributed by atoms with Gasteiger partial charge in [-0.2, -0.15) is 4.31 Å². The molecule has 1 amide bonds. The minimum absolute atomic E-state index is 0.0574. The van der Waals surface area contributed by atoms with E-state index < -0.39 is 10.0 Å². The molecule has 1 fully saturated rings. The van der Waals surface area contributed by atoms with Crippen molar-refractivity contribution in [2.24, 2.45) is 0 Å². The van der Waals surface area contributed by atoms with E-state index in [-0.39, 0.29) is 59.3 Å². The van der Waals surface area contributed by atoms with E-state index in [1.165, 1.54) is 27.1 Å². The fraction of sp³-hybridized carbons (Fsp3) is 0.263. The normalized spacial score (nSPS) is 15.6. The summed E-state index contributed by atoms with van der Waals surface area (Å²) in [6, 6.07) is 11.3. The van der Waals surface area contributed by atoms with Gasteiger partial charge in [0.05, 0.1) is 26.0 Å². The number of rotatable bonds is 4. The molecule has 1 N–H and O–H groups in total. The molecule has 3 aromatic rings. The third kappa shape index (κ3) is 3.85. The van der Waals surface area contributed by atoms with Gasteiger partial charge in [-0.1, -0.05) is 35.3 Å². The highest BCUT2D eigenvalue weighted by Gasteiger charge is 2.30. The number of carbonyl (C=O) groups excluding carboxylic acids is 1. The van der Waals surface area contributed by atoms with Crippen molar-refractivity contribution < 1.29 is 13.2 Å². The van der Waals surface area contributed by atoms with Gasteiger partial charge in [0.1, 0.15) is 6.54 Å². The fourth-order valence-electron chi connectivity index (χ4n) is 3.46. The molecule has 2 heterocycles. The van der Waals surface area contributed by atoms with Gasteiger partial charge in [-0.15, -0.1) is 0 Å². The Morgan fingerprint density at radius 2 is 1.70 bits per heavy atom. The van der Waals surface area contributed by atoms with E-state index in [4.69, 9.17) is 23.2 Å². The number of H-pyrrole nitrogens is 1. The number of nitrogens with one attached hydrogen (secondary N) is 1. The van der Waals surface area contributed by atoms with E-state index in [2.05, 4.69) is 4.98 Å². The van der Waals surface area contributed by atoms with E-state index >= 15 is 0 Å². The topological polar surface area (TPSA) is 95.5 Å². The summed E-state index contributed by atoms with van der Waals surface area (Å²) in [5.74, 6) is -0.242. The summed E-state index contributed by atoms with van der Waals surface area (Å²) in [5, 5.41) is 0.439. The number of aromatic amines is 1. The van der Waals surface area contributed by atoms with Crippen molar-refractivity contribution in [1.29, 1.82) is 0 Å². The Morgan fingerprint density at radius 3 is 2.40 bits per heavy atom. The molecular weight excluding hydrogens is 451 g/mol. The van der Waals surface area contributed by atoms with Crippen molar-refractivity contribution in [3.05, 3.63) is 63.0 Å². The number of piperazine rings is 1. The van der Waals surface area contributed by atoms with Crippen LogP contribution < -0.4 is 5.69 Å².